The van der Waals surface area contributed by atoms with Crippen LogP contribution in [-0.4, -0.2) is 0 Å². The van der Waals surface area contributed by atoms with E-state index in [4.69, 9.17) is 0 Å². The fourth-order valence-corrected chi connectivity index (χ4v) is 1.95. The molecule has 2 aromatic rings. The fourth-order valence-electron chi connectivity index (χ4n) is 1.33. The molecule has 1 aromatic heterocycles. The molecule has 1 heterocycles. The SMILES string of the molecule is Cc1ccccc1/C=C\c1cccs1. The van der Waals surface area contributed by atoms with Crippen LogP contribution in [0.5, 0.6) is 0 Å². The van der Waals surface area contributed by atoms with E-state index in [-0.39, 0.29) is 0 Å². The van der Waals surface area contributed by atoms with E-state index in [2.05, 4.69) is 60.9 Å². The zero-order chi connectivity index (χ0) is 9.80. The predicted molar refractivity (Wildman–Crippen MR) is 64.4 cm³/mol. The predicted octanol–water partition coefficient (Wildman–Crippen LogP) is 4.23. The van der Waals surface area contributed by atoms with Crippen LogP contribution in [0.25, 0.3) is 12.2 Å². The third-order valence-corrected chi connectivity index (χ3v) is 3.00. The van der Waals surface area contributed by atoms with Gasteiger partial charge in [-0.05, 0) is 35.6 Å². The summed E-state index contributed by atoms with van der Waals surface area (Å²) in [5, 5.41) is 2.09. The molecular formula is C13H12S. The van der Waals surface area contributed by atoms with Crippen molar-refractivity contribution in [1.82, 2.24) is 0 Å². The summed E-state index contributed by atoms with van der Waals surface area (Å²) in [5.41, 5.74) is 2.61. The quantitative estimate of drug-likeness (QED) is 0.680. The lowest BCUT2D eigenvalue weighted by Gasteiger charge is -1.97. The number of benzene rings is 1. The first-order valence-corrected chi connectivity index (χ1v) is 5.51. The largest absolute Gasteiger partial charge is 0.144 e. The Morgan fingerprint density at radius 3 is 2.57 bits per heavy atom. The highest BCUT2D eigenvalue weighted by atomic mass is 32.1. The van der Waals surface area contributed by atoms with Gasteiger partial charge in [0.1, 0.15) is 0 Å². The number of hydrogen-bond donors (Lipinski definition) is 0. The molecule has 2 rings (SSSR count). The first-order valence-electron chi connectivity index (χ1n) is 4.63. The maximum absolute atomic E-state index is 2.17. The average molecular weight is 200 g/mol. The molecule has 0 amide bonds. The number of hydrogen-bond acceptors (Lipinski definition) is 1. The molecule has 70 valence electrons. The van der Waals surface area contributed by atoms with Gasteiger partial charge >= 0.3 is 0 Å². The number of thiophene rings is 1. The van der Waals surface area contributed by atoms with Crippen LogP contribution in [0, 0.1) is 6.92 Å². The summed E-state index contributed by atoms with van der Waals surface area (Å²) in [4.78, 5) is 1.30. The second-order valence-electron chi connectivity index (χ2n) is 3.21. The molecule has 0 unspecified atom stereocenters. The molecule has 0 aliphatic carbocycles. The van der Waals surface area contributed by atoms with Gasteiger partial charge < -0.3 is 0 Å². The van der Waals surface area contributed by atoms with Crippen LogP contribution >= 0.6 is 11.3 Å². The summed E-state index contributed by atoms with van der Waals surface area (Å²) in [7, 11) is 0. The minimum Gasteiger partial charge on any atom is -0.144 e. The normalized spacial score (nSPS) is 10.9. The van der Waals surface area contributed by atoms with Gasteiger partial charge in [-0.15, -0.1) is 11.3 Å². The lowest BCUT2D eigenvalue weighted by atomic mass is 10.1. The monoisotopic (exact) mass is 200 g/mol. The summed E-state index contributed by atoms with van der Waals surface area (Å²) < 4.78 is 0. The lowest BCUT2D eigenvalue weighted by molar-refractivity contribution is 1.45. The Morgan fingerprint density at radius 2 is 1.86 bits per heavy atom. The van der Waals surface area contributed by atoms with Gasteiger partial charge in [0.05, 0.1) is 0 Å². The van der Waals surface area contributed by atoms with Gasteiger partial charge in [-0.2, -0.15) is 0 Å². The second kappa shape index (κ2) is 4.25. The van der Waals surface area contributed by atoms with Crippen LogP contribution in [0.2, 0.25) is 0 Å². The highest BCUT2D eigenvalue weighted by Gasteiger charge is 1.91. The summed E-state index contributed by atoms with van der Waals surface area (Å²) >= 11 is 1.76. The highest BCUT2D eigenvalue weighted by Crippen LogP contribution is 2.15. The van der Waals surface area contributed by atoms with Crippen molar-refractivity contribution in [2.75, 3.05) is 0 Å². The summed E-state index contributed by atoms with van der Waals surface area (Å²) in [6, 6.07) is 12.6. The Labute approximate surface area is 88.5 Å². The minimum absolute atomic E-state index is 1.29. The van der Waals surface area contributed by atoms with Crippen molar-refractivity contribution in [3.8, 4) is 0 Å². The third kappa shape index (κ3) is 2.12. The van der Waals surface area contributed by atoms with Crippen LogP contribution in [0.1, 0.15) is 16.0 Å². The Bertz CT molecular complexity index is 424. The Morgan fingerprint density at radius 1 is 1.00 bits per heavy atom. The Hall–Kier alpha value is -1.34. The average Bonchev–Trinajstić information content (AvgIpc) is 2.69. The van der Waals surface area contributed by atoms with Gasteiger partial charge in [0.2, 0.25) is 0 Å². The van der Waals surface area contributed by atoms with Gasteiger partial charge in [0, 0.05) is 4.88 Å². The molecule has 0 saturated carbocycles. The molecule has 0 aliphatic rings. The molecule has 14 heavy (non-hydrogen) atoms. The van der Waals surface area contributed by atoms with Gasteiger partial charge in [0.25, 0.3) is 0 Å². The van der Waals surface area contributed by atoms with Crippen molar-refractivity contribution in [2.24, 2.45) is 0 Å². The Balaban J connectivity index is 2.23. The smallest absolute Gasteiger partial charge is 0.0270 e. The van der Waals surface area contributed by atoms with E-state index in [0.717, 1.165) is 0 Å². The minimum atomic E-state index is 1.29. The molecule has 0 aliphatic heterocycles. The topological polar surface area (TPSA) is 0 Å². The maximum Gasteiger partial charge on any atom is 0.0270 e. The van der Waals surface area contributed by atoms with Gasteiger partial charge in [-0.3, -0.25) is 0 Å². The van der Waals surface area contributed by atoms with Crippen molar-refractivity contribution in [3.63, 3.8) is 0 Å². The van der Waals surface area contributed by atoms with E-state index >= 15 is 0 Å². The van der Waals surface area contributed by atoms with Crippen molar-refractivity contribution < 1.29 is 0 Å². The zero-order valence-electron chi connectivity index (χ0n) is 8.10. The third-order valence-electron chi connectivity index (χ3n) is 2.16. The maximum atomic E-state index is 2.17. The molecule has 0 bridgehead atoms. The van der Waals surface area contributed by atoms with Crippen LogP contribution in [-0.2, 0) is 0 Å². The van der Waals surface area contributed by atoms with Crippen LogP contribution < -0.4 is 0 Å². The van der Waals surface area contributed by atoms with E-state index in [9.17, 15) is 0 Å². The van der Waals surface area contributed by atoms with E-state index in [0.29, 0.717) is 0 Å². The molecular weight excluding hydrogens is 188 g/mol. The molecule has 0 nitrogen and oxygen atoms in total. The van der Waals surface area contributed by atoms with Crippen LogP contribution in [0.4, 0.5) is 0 Å². The van der Waals surface area contributed by atoms with Gasteiger partial charge in [-0.1, -0.05) is 36.4 Å². The van der Waals surface area contributed by atoms with Gasteiger partial charge in [-0.25, -0.2) is 0 Å². The lowest BCUT2D eigenvalue weighted by Crippen LogP contribution is -1.76. The number of aryl methyl sites for hydroxylation is 1. The molecule has 1 heteroatoms. The van der Waals surface area contributed by atoms with E-state index < -0.39 is 0 Å². The first-order chi connectivity index (χ1) is 6.86. The summed E-state index contributed by atoms with van der Waals surface area (Å²) in [6.45, 7) is 2.13. The molecule has 0 atom stereocenters. The van der Waals surface area contributed by atoms with E-state index in [1.165, 1.54) is 16.0 Å². The van der Waals surface area contributed by atoms with Crippen molar-refractivity contribution in [1.29, 1.82) is 0 Å². The van der Waals surface area contributed by atoms with E-state index in [1.54, 1.807) is 11.3 Å². The summed E-state index contributed by atoms with van der Waals surface area (Å²) in [6.07, 6.45) is 4.33. The van der Waals surface area contributed by atoms with Gasteiger partial charge in [0.15, 0.2) is 0 Å². The first kappa shape index (κ1) is 9.22. The molecule has 0 radical (unpaired) electrons. The van der Waals surface area contributed by atoms with Crippen LogP contribution in [0.15, 0.2) is 41.8 Å². The Kier molecular flexibility index (Phi) is 2.80. The summed E-state index contributed by atoms with van der Waals surface area (Å²) in [5.74, 6) is 0. The second-order valence-corrected chi connectivity index (χ2v) is 4.18. The fraction of sp³-hybridized carbons (Fsp3) is 0.0769. The van der Waals surface area contributed by atoms with Crippen molar-refractivity contribution in [3.05, 3.63) is 57.8 Å². The molecule has 0 saturated heterocycles. The van der Waals surface area contributed by atoms with Crippen LogP contribution in [0.3, 0.4) is 0 Å². The molecule has 1 aromatic carbocycles. The zero-order valence-corrected chi connectivity index (χ0v) is 8.92. The highest BCUT2D eigenvalue weighted by molar-refractivity contribution is 7.10. The molecule has 0 fully saturated rings. The standard InChI is InChI=1S/C13H12S/c1-11-5-2-3-6-12(11)8-9-13-7-4-10-14-13/h2-10H,1H3/b9-8-. The number of rotatable bonds is 2. The van der Waals surface area contributed by atoms with E-state index in [1.807, 2.05) is 0 Å². The molecule has 0 N–H and O–H groups in total. The molecule has 0 spiro atoms. The van der Waals surface area contributed by atoms with Crippen molar-refractivity contribution in [2.45, 2.75) is 6.92 Å². The van der Waals surface area contributed by atoms with Crippen molar-refractivity contribution >= 4 is 23.5 Å².